The molecule has 1 aromatic rings. The fourth-order valence-corrected chi connectivity index (χ4v) is 1.48. The smallest absolute Gasteiger partial charge is 0.160 e. The molecule has 0 saturated heterocycles. The van der Waals surface area contributed by atoms with Crippen molar-refractivity contribution in [1.82, 2.24) is 5.32 Å². The fraction of sp³-hybridized carbons (Fsp3) is 0.385. The molecule has 0 aliphatic rings. The Morgan fingerprint density at radius 2 is 2.12 bits per heavy atom. The van der Waals surface area contributed by atoms with Crippen LogP contribution in [0.25, 0.3) is 0 Å². The van der Waals surface area contributed by atoms with Crippen molar-refractivity contribution in [1.29, 1.82) is 0 Å². The van der Waals surface area contributed by atoms with Crippen LogP contribution in [-0.2, 0) is 0 Å². The molecule has 86 valence electrons. The standard InChI is InChI=1S/C13H17NO2/c1-5-9(2)14-10(3)11-6-7-12(15)13(8-11)16-4/h1,6-10,14-15H,2-4H3. The van der Waals surface area contributed by atoms with Crippen LogP contribution in [0.3, 0.4) is 0 Å². The Bertz CT molecular complexity index is 395. The van der Waals surface area contributed by atoms with Gasteiger partial charge in [0.25, 0.3) is 0 Å². The van der Waals surface area contributed by atoms with Crippen LogP contribution >= 0.6 is 0 Å². The molecule has 0 amide bonds. The zero-order chi connectivity index (χ0) is 12.1. The van der Waals surface area contributed by atoms with Crippen molar-refractivity contribution in [3.05, 3.63) is 23.8 Å². The van der Waals surface area contributed by atoms with Gasteiger partial charge < -0.3 is 9.84 Å². The number of nitrogens with one attached hydrogen (secondary N) is 1. The molecule has 0 aliphatic heterocycles. The number of hydrogen-bond acceptors (Lipinski definition) is 3. The Balaban J connectivity index is 2.84. The second-order valence-electron chi connectivity index (χ2n) is 3.71. The molecule has 0 aliphatic carbocycles. The summed E-state index contributed by atoms with van der Waals surface area (Å²) in [5, 5.41) is 12.7. The van der Waals surface area contributed by atoms with Gasteiger partial charge in [-0.3, -0.25) is 5.32 Å². The first-order chi connectivity index (χ1) is 7.58. The van der Waals surface area contributed by atoms with E-state index in [4.69, 9.17) is 11.2 Å². The van der Waals surface area contributed by atoms with Gasteiger partial charge in [-0.2, -0.15) is 0 Å². The number of hydrogen-bond donors (Lipinski definition) is 2. The van der Waals surface area contributed by atoms with E-state index in [9.17, 15) is 5.11 Å². The van der Waals surface area contributed by atoms with Gasteiger partial charge in [0.1, 0.15) is 0 Å². The van der Waals surface area contributed by atoms with Gasteiger partial charge >= 0.3 is 0 Å². The number of aromatic hydroxyl groups is 1. The highest BCUT2D eigenvalue weighted by Crippen LogP contribution is 2.28. The third-order valence-corrected chi connectivity index (χ3v) is 2.45. The van der Waals surface area contributed by atoms with Crippen LogP contribution in [0.5, 0.6) is 11.5 Å². The van der Waals surface area contributed by atoms with Crippen molar-refractivity contribution in [2.45, 2.75) is 25.9 Å². The van der Waals surface area contributed by atoms with E-state index in [0.29, 0.717) is 5.75 Å². The van der Waals surface area contributed by atoms with Gasteiger partial charge in [-0.25, -0.2) is 0 Å². The summed E-state index contributed by atoms with van der Waals surface area (Å²) in [6.07, 6.45) is 5.30. The SMILES string of the molecule is C#CC(C)NC(C)c1ccc(O)c(OC)c1. The monoisotopic (exact) mass is 219 g/mol. The molecular formula is C13H17NO2. The van der Waals surface area contributed by atoms with E-state index in [2.05, 4.69) is 11.2 Å². The summed E-state index contributed by atoms with van der Waals surface area (Å²) >= 11 is 0. The van der Waals surface area contributed by atoms with Crippen LogP contribution in [0.2, 0.25) is 0 Å². The largest absolute Gasteiger partial charge is 0.504 e. The zero-order valence-corrected chi connectivity index (χ0v) is 9.82. The Kier molecular flexibility index (Phi) is 4.21. The predicted molar refractivity (Wildman–Crippen MR) is 64.5 cm³/mol. The fourth-order valence-electron chi connectivity index (χ4n) is 1.48. The van der Waals surface area contributed by atoms with E-state index in [0.717, 1.165) is 5.56 Å². The minimum atomic E-state index is 0.00907. The van der Waals surface area contributed by atoms with Gasteiger partial charge in [0.15, 0.2) is 11.5 Å². The average molecular weight is 219 g/mol. The maximum absolute atomic E-state index is 9.47. The first kappa shape index (κ1) is 12.4. The Morgan fingerprint density at radius 3 is 2.69 bits per heavy atom. The molecule has 1 rings (SSSR count). The summed E-state index contributed by atoms with van der Waals surface area (Å²) in [4.78, 5) is 0. The van der Waals surface area contributed by atoms with Crippen LogP contribution in [-0.4, -0.2) is 18.3 Å². The third kappa shape index (κ3) is 2.91. The molecule has 0 spiro atoms. The van der Waals surface area contributed by atoms with Crippen molar-refractivity contribution < 1.29 is 9.84 Å². The topological polar surface area (TPSA) is 41.5 Å². The minimum Gasteiger partial charge on any atom is -0.504 e. The summed E-state index contributed by atoms with van der Waals surface area (Å²) in [5.74, 6) is 3.23. The van der Waals surface area contributed by atoms with Crippen molar-refractivity contribution in [3.63, 3.8) is 0 Å². The van der Waals surface area contributed by atoms with Crippen molar-refractivity contribution >= 4 is 0 Å². The Hall–Kier alpha value is -1.66. The molecule has 0 saturated carbocycles. The van der Waals surface area contributed by atoms with Crippen molar-refractivity contribution in [2.24, 2.45) is 0 Å². The van der Waals surface area contributed by atoms with E-state index < -0.39 is 0 Å². The Labute approximate surface area is 96.4 Å². The van der Waals surface area contributed by atoms with Gasteiger partial charge in [-0.05, 0) is 31.5 Å². The number of ether oxygens (including phenoxy) is 1. The lowest BCUT2D eigenvalue weighted by Crippen LogP contribution is -2.27. The van der Waals surface area contributed by atoms with Crippen LogP contribution in [0, 0.1) is 12.3 Å². The number of phenols is 1. The van der Waals surface area contributed by atoms with Crippen LogP contribution in [0.15, 0.2) is 18.2 Å². The quantitative estimate of drug-likeness (QED) is 0.762. The number of terminal acetylenes is 1. The molecule has 3 nitrogen and oxygen atoms in total. The molecule has 3 heteroatoms. The second kappa shape index (κ2) is 5.43. The number of methoxy groups -OCH3 is 1. The summed E-state index contributed by atoms with van der Waals surface area (Å²) in [6.45, 7) is 3.94. The molecule has 0 aromatic heterocycles. The molecule has 0 radical (unpaired) electrons. The molecule has 0 heterocycles. The molecule has 0 bridgehead atoms. The van der Waals surface area contributed by atoms with Gasteiger partial charge in [0.2, 0.25) is 0 Å². The summed E-state index contributed by atoms with van der Waals surface area (Å²) in [7, 11) is 1.53. The van der Waals surface area contributed by atoms with Gasteiger partial charge in [0, 0.05) is 6.04 Å². The lowest BCUT2D eigenvalue weighted by Gasteiger charge is -2.17. The molecule has 0 fully saturated rings. The van der Waals surface area contributed by atoms with Crippen molar-refractivity contribution in [3.8, 4) is 23.8 Å². The van der Waals surface area contributed by atoms with Crippen LogP contribution in [0.1, 0.15) is 25.5 Å². The zero-order valence-electron chi connectivity index (χ0n) is 9.82. The molecule has 2 N–H and O–H groups in total. The Morgan fingerprint density at radius 1 is 1.44 bits per heavy atom. The maximum Gasteiger partial charge on any atom is 0.160 e. The molecule has 2 unspecified atom stereocenters. The predicted octanol–water partition coefficient (Wildman–Crippen LogP) is 2.07. The van der Waals surface area contributed by atoms with E-state index in [1.807, 2.05) is 19.9 Å². The highest BCUT2D eigenvalue weighted by Gasteiger charge is 2.10. The highest BCUT2D eigenvalue weighted by atomic mass is 16.5. The van der Waals surface area contributed by atoms with Crippen LogP contribution < -0.4 is 10.1 Å². The van der Waals surface area contributed by atoms with Crippen molar-refractivity contribution in [2.75, 3.05) is 7.11 Å². The van der Waals surface area contributed by atoms with Gasteiger partial charge in [-0.15, -0.1) is 6.42 Å². The van der Waals surface area contributed by atoms with Crippen LogP contribution in [0.4, 0.5) is 0 Å². The van der Waals surface area contributed by atoms with Gasteiger partial charge in [-0.1, -0.05) is 12.0 Å². The second-order valence-corrected chi connectivity index (χ2v) is 3.71. The minimum absolute atomic E-state index is 0.00907. The molecule has 1 aromatic carbocycles. The average Bonchev–Trinajstić information content (AvgIpc) is 2.29. The first-order valence-electron chi connectivity index (χ1n) is 5.17. The third-order valence-electron chi connectivity index (χ3n) is 2.45. The summed E-state index contributed by atoms with van der Waals surface area (Å²) in [6, 6.07) is 5.39. The lowest BCUT2D eigenvalue weighted by atomic mass is 10.1. The van der Waals surface area contributed by atoms with Gasteiger partial charge in [0.05, 0.1) is 13.2 Å². The van der Waals surface area contributed by atoms with E-state index in [1.54, 1.807) is 12.1 Å². The number of rotatable bonds is 4. The van der Waals surface area contributed by atoms with E-state index in [1.165, 1.54) is 7.11 Å². The maximum atomic E-state index is 9.47. The molecule has 2 atom stereocenters. The van der Waals surface area contributed by atoms with E-state index in [-0.39, 0.29) is 17.8 Å². The lowest BCUT2D eigenvalue weighted by molar-refractivity contribution is 0.372. The first-order valence-corrected chi connectivity index (χ1v) is 5.17. The normalized spacial score (nSPS) is 13.9. The molecule has 16 heavy (non-hydrogen) atoms. The summed E-state index contributed by atoms with van der Waals surface area (Å²) in [5.41, 5.74) is 1.02. The number of benzene rings is 1. The highest BCUT2D eigenvalue weighted by molar-refractivity contribution is 5.42. The molecular weight excluding hydrogens is 202 g/mol. The number of phenolic OH excluding ortho intramolecular Hbond substituents is 1. The summed E-state index contributed by atoms with van der Waals surface area (Å²) < 4.78 is 5.05. The van der Waals surface area contributed by atoms with E-state index >= 15 is 0 Å².